The highest BCUT2D eigenvalue weighted by atomic mass is 16.5. The zero-order valence-corrected chi connectivity index (χ0v) is 14.5. The maximum atomic E-state index is 10.2. The quantitative estimate of drug-likeness (QED) is 0.659. The molecule has 0 amide bonds. The summed E-state index contributed by atoms with van der Waals surface area (Å²) in [4.78, 5) is 9.64. The van der Waals surface area contributed by atoms with E-state index in [-0.39, 0.29) is 6.61 Å². The molecule has 0 spiro atoms. The Kier molecular flexibility index (Phi) is 5.40. The molecule has 0 saturated heterocycles. The molecule has 0 aliphatic heterocycles. The van der Waals surface area contributed by atoms with Crippen LogP contribution in [0.15, 0.2) is 48.5 Å². The van der Waals surface area contributed by atoms with Gasteiger partial charge in [0, 0.05) is 13.6 Å². The van der Waals surface area contributed by atoms with Crippen molar-refractivity contribution in [3.05, 3.63) is 48.5 Å². The second kappa shape index (κ2) is 7.90. The van der Waals surface area contributed by atoms with Gasteiger partial charge in [0.05, 0.1) is 17.6 Å². The highest BCUT2D eigenvalue weighted by Crippen LogP contribution is 2.18. The molecule has 2 aromatic carbocycles. The highest BCUT2D eigenvalue weighted by Gasteiger charge is 2.13. The minimum Gasteiger partial charge on any atom is -0.494 e. The molecule has 6 nitrogen and oxygen atoms in total. The van der Waals surface area contributed by atoms with Crippen LogP contribution in [0.25, 0.3) is 11.0 Å². The number of nitrogens with zero attached hydrogens (tertiary/aromatic N) is 2. The van der Waals surface area contributed by atoms with Crippen LogP contribution in [0, 0.1) is 0 Å². The third-order valence-electron chi connectivity index (χ3n) is 3.80. The molecule has 1 heterocycles. The molecule has 1 atom stereocenters. The van der Waals surface area contributed by atoms with Crippen molar-refractivity contribution in [2.75, 3.05) is 31.7 Å². The van der Waals surface area contributed by atoms with Crippen LogP contribution < -0.4 is 14.4 Å². The van der Waals surface area contributed by atoms with E-state index in [2.05, 4.69) is 9.97 Å². The van der Waals surface area contributed by atoms with Crippen LogP contribution in [0.1, 0.15) is 6.92 Å². The number of fused-ring (bicyclic) bond motifs is 1. The largest absolute Gasteiger partial charge is 0.494 e. The van der Waals surface area contributed by atoms with Gasteiger partial charge in [0.15, 0.2) is 0 Å². The topological polar surface area (TPSA) is 70.6 Å². The second-order valence-electron chi connectivity index (χ2n) is 5.83. The summed E-state index contributed by atoms with van der Waals surface area (Å²) in [5, 5.41) is 10.2. The normalized spacial score (nSPS) is 12.1. The van der Waals surface area contributed by atoms with Crippen LogP contribution >= 0.6 is 0 Å². The summed E-state index contributed by atoms with van der Waals surface area (Å²) in [6.45, 7) is 3.20. The van der Waals surface area contributed by atoms with Crippen LogP contribution in [0.3, 0.4) is 0 Å². The van der Waals surface area contributed by atoms with Gasteiger partial charge in [-0.2, -0.15) is 0 Å². The first-order valence-electron chi connectivity index (χ1n) is 8.35. The number of aromatic nitrogens is 2. The Morgan fingerprint density at radius 3 is 2.44 bits per heavy atom. The van der Waals surface area contributed by atoms with E-state index >= 15 is 0 Å². The number of hydrogen-bond donors (Lipinski definition) is 2. The lowest BCUT2D eigenvalue weighted by Gasteiger charge is -2.20. The van der Waals surface area contributed by atoms with Gasteiger partial charge in [0.25, 0.3) is 0 Å². The fraction of sp³-hybridized carbons (Fsp3) is 0.316. The number of likely N-dealkylation sites (N-methyl/N-ethyl adjacent to an activating group) is 1. The molecule has 3 rings (SSSR count). The molecule has 0 aliphatic carbocycles. The Hall–Kier alpha value is -2.73. The Bertz CT molecular complexity index is 768. The van der Waals surface area contributed by atoms with E-state index in [4.69, 9.17) is 9.47 Å². The Morgan fingerprint density at radius 2 is 1.76 bits per heavy atom. The van der Waals surface area contributed by atoms with E-state index in [0.717, 1.165) is 22.7 Å². The smallest absolute Gasteiger partial charge is 0.203 e. The van der Waals surface area contributed by atoms with Crippen molar-refractivity contribution in [3.63, 3.8) is 0 Å². The van der Waals surface area contributed by atoms with Crippen LogP contribution in [-0.2, 0) is 0 Å². The monoisotopic (exact) mass is 341 g/mol. The number of anilines is 1. The minimum atomic E-state index is -0.634. The van der Waals surface area contributed by atoms with Crippen molar-refractivity contribution in [2.45, 2.75) is 13.0 Å². The maximum absolute atomic E-state index is 10.2. The van der Waals surface area contributed by atoms with E-state index in [1.165, 1.54) is 0 Å². The number of rotatable bonds is 8. The Labute approximate surface area is 147 Å². The number of aliphatic hydroxyl groups excluding tert-OH is 1. The third kappa shape index (κ3) is 4.42. The van der Waals surface area contributed by atoms with Crippen molar-refractivity contribution < 1.29 is 14.6 Å². The lowest BCUT2D eigenvalue weighted by Crippen LogP contribution is -2.33. The first-order valence-corrected chi connectivity index (χ1v) is 8.35. The number of aliphatic hydroxyl groups is 1. The van der Waals surface area contributed by atoms with Gasteiger partial charge in [-0.25, -0.2) is 4.98 Å². The number of benzene rings is 2. The molecule has 6 heteroatoms. The number of ether oxygens (including phenoxy) is 2. The number of aromatic amines is 1. The van der Waals surface area contributed by atoms with Crippen LogP contribution in [0.5, 0.6) is 11.5 Å². The van der Waals surface area contributed by atoms with Crippen molar-refractivity contribution in [1.29, 1.82) is 0 Å². The minimum absolute atomic E-state index is 0.207. The van der Waals surface area contributed by atoms with E-state index in [1.807, 2.05) is 67.4 Å². The molecule has 2 N–H and O–H groups in total. The lowest BCUT2D eigenvalue weighted by atomic mass is 10.3. The van der Waals surface area contributed by atoms with E-state index in [9.17, 15) is 5.11 Å². The van der Waals surface area contributed by atoms with Gasteiger partial charge in [-0.05, 0) is 43.3 Å². The molecule has 0 bridgehead atoms. The Morgan fingerprint density at radius 1 is 1.08 bits per heavy atom. The molecule has 132 valence electrons. The summed E-state index contributed by atoms with van der Waals surface area (Å²) in [5.41, 5.74) is 1.88. The molecule has 3 aromatic rings. The summed E-state index contributed by atoms with van der Waals surface area (Å²) < 4.78 is 11.0. The lowest BCUT2D eigenvalue weighted by molar-refractivity contribution is 0.113. The Balaban J connectivity index is 1.52. The van der Waals surface area contributed by atoms with Crippen LogP contribution in [0.4, 0.5) is 5.95 Å². The van der Waals surface area contributed by atoms with Crippen molar-refractivity contribution in [1.82, 2.24) is 9.97 Å². The van der Waals surface area contributed by atoms with Gasteiger partial charge in [-0.3, -0.25) is 0 Å². The zero-order chi connectivity index (χ0) is 17.6. The second-order valence-corrected chi connectivity index (χ2v) is 5.83. The summed E-state index contributed by atoms with van der Waals surface area (Å²) in [6, 6.07) is 15.2. The molecule has 1 aromatic heterocycles. The molecule has 0 aliphatic rings. The van der Waals surface area contributed by atoms with Gasteiger partial charge in [-0.15, -0.1) is 0 Å². The molecule has 0 saturated carbocycles. The average molecular weight is 341 g/mol. The molecular weight excluding hydrogens is 318 g/mol. The number of para-hydroxylation sites is 2. The SMILES string of the molecule is CCOc1ccc(OCC(O)CN(C)c2nc3ccccc3[nH]2)cc1. The fourth-order valence-electron chi connectivity index (χ4n) is 2.57. The first-order chi connectivity index (χ1) is 12.2. The predicted molar refractivity (Wildman–Crippen MR) is 98.5 cm³/mol. The first kappa shape index (κ1) is 17.1. The van der Waals surface area contributed by atoms with Crippen LogP contribution in [0.2, 0.25) is 0 Å². The molecule has 0 fully saturated rings. The van der Waals surface area contributed by atoms with Gasteiger partial charge >= 0.3 is 0 Å². The molecule has 0 radical (unpaired) electrons. The van der Waals surface area contributed by atoms with Gasteiger partial charge in [0.1, 0.15) is 24.2 Å². The molecule has 1 unspecified atom stereocenters. The van der Waals surface area contributed by atoms with Gasteiger partial charge in [-0.1, -0.05) is 12.1 Å². The zero-order valence-electron chi connectivity index (χ0n) is 14.5. The summed E-state index contributed by atoms with van der Waals surface area (Å²) >= 11 is 0. The van der Waals surface area contributed by atoms with E-state index < -0.39 is 6.10 Å². The number of hydrogen-bond acceptors (Lipinski definition) is 5. The summed E-state index contributed by atoms with van der Waals surface area (Å²) in [6.07, 6.45) is -0.634. The average Bonchev–Trinajstić information content (AvgIpc) is 3.06. The highest BCUT2D eigenvalue weighted by molar-refractivity contribution is 5.77. The van der Waals surface area contributed by atoms with Crippen molar-refractivity contribution >= 4 is 17.0 Å². The fourth-order valence-corrected chi connectivity index (χ4v) is 2.57. The van der Waals surface area contributed by atoms with Crippen molar-refractivity contribution in [3.8, 4) is 11.5 Å². The summed E-state index contributed by atoms with van der Waals surface area (Å²) in [7, 11) is 1.89. The molecule has 25 heavy (non-hydrogen) atoms. The third-order valence-corrected chi connectivity index (χ3v) is 3.80. The van der Waals surface area contributed by atoms with E-state index in [0.29, 0.717) is 18.9 Å². The standard InChI is InChI=1S/C19H23N3O3/c1-3-24-15-8-10-16(11-9-15)25-13-14(23)12-22(2)19-20-17-6-4-5-7-18(17)21-19/h4-11,14,23H,3,12-13H2,1-2H3,(H,20,21). The van der Waals surface area contributed by atoms with Crippen LogP contribution in [-0.4, -0.2) is 48.0 Å². The number of nitrogens with one attached hydrogen (secondary N) is 1. The number of H-pyrrole nitrogens is 1. The number of imidazole rings is 1. The van der Waals surface area contributed by atoms with Crippen molar-refractivity contribution in [2.24, 2.45) is 0 Å². The van der Waals surface area contributed by atoms with E-state index in [1.54, 1.807) is 0 Å². The predicted octanol–water partition coefficient (Wildman–Crippen LogP) is 2.84. The summed E-state index contributed by atoms with van der Waals surface area (Å²) in [5.74, 6) is 2.23. The van der Waals surface area contributed by atoms with Gasteiger partial charge in [0.2, 0.25) is 5.95 Å². The maximum Gasteiger partial charge on any atom is 0.203 e. The molecular formula is C19H23N3O3. The van der Waals surface area contributed by atoms with Gasteiger partial charge < -0.3 is 24.5 Å².